The number of rotatable bonds is 5. The molecule has 0 aromatic carbocycles. The van der Waals surface area contributed by atoms with Crippen molar-refractivity contribution in [3.05, 3.63) is 0 Å². The SMILES string of the molecule is CC(C)CCCC(C)[C@H]1CC[C@H]2[C@@H]3[C@H](O)C[C@@H]4C[C@H](O)CC[C@]4(C)[C@H]3C[C@H](O)[C@]12C. The van der Waals surface area contributed by atoms with E-state index >= 15 is 0 Å². The first-order chi connectivity index (χ1) is 14.1. The maximum Gasteiger partial charge on any atom is 0.0602 e. The van der Waals surface area contributed by atoms with Crippen molar-refractivity contribution >= 4 is 0 Å². The predicted octanol–water partition coefficient (Wildman–Crippen LogP) is 5.41. The van der Waals surface area contributed by atoms with Gasteiger partial charge in [0.2, 0.25) is 0 Å². The summed E-state index contributed by atoms with van der Waals surface area (Å²) in [5.41, 5.74) is 0.128. The van der Waals surface area contributed by atoms with Crippen LogP contribution in [0.25, 0.3) is 0 Å². The van der Waals surface area contributed by atoms with Crippen molar-refractivity contribution in [3.63, 3.8) is 0 Å². The molecule has 174 valence electrons. The third-order valence-corrected chi connectivity index (χ3v) is 11.0. The Morgan fingerprint density at radius 2 is 1.60 bits per heavy atom. The van der Waals surface area contributed by atoms with E-state index in [1.54, 1.807) is 0 Å². The van der Waals surface area contributed by atoms with E-state index < -0.39 is 0 Å². The zero-order chi connectivity index (χ0) is 21.8. The van der Waals surface area contributed by atoms with Gasteiger partial charge in [-0.3, -0.25) is 0 Å². The van der Waals surface area contributed by atoms with Gasteiger partial charge >= 0.3 is 0 Å². The number of aliphatic hydroxyl groups excluding tert-OH is 3. The van der Waals surface area contributed by atoms with Gasteiger partial charge in [-0.1, -0.05) is 53.9 Å². The van der Waals surface area contributed by atoms with Gasteiger partial charge in [0.25, 0.3) is 0 Å². The van der Waals surface area contributed by atoms with Crippen LogP contribution in [0, 0.1) is 52.3 Å². The minimum absolute atomic E-state index is 0.0449. The summed E-state index contributed by atoms with van der Waals surface area (Å²) in [5, 5.41) is 33.2. The van der Waals surface area contributed by atoms with E-state index in [4.69, 9.17) is 0 Å². The van der Waals surface area contributed by atoms with Crippen LogP contribution in [0.5, 0.6) is 0 Å². The molecule has 11 atom stereocenters. The van der Waals surface area contributed by atoms with Crippen LogP contribution < -0.4 is 0 Å². The standard InChI is InChI=1S/C27H48O3/c1-16(2)7-6-8-17(3)20-9-10-21-25-22(15-24(30)27(20,21)5)26(4)12-11-19(28)13-18(26)14-23(25)29/h16-25,28-30H,6-15H2,1-5H3/t17?,18-,19+,20+,21-,22-,23+,24-,25-,26-,27+/m0/s1. The van der Waals surface area contributed by atoms with Gasteiger partial charge in [-0.2, -0.15) is 0 Å². The highest BCUT2D eigenvalue weighted by molar-refractivity contribution is 5.14. The second kappa shape index (κ2) is 8.34. The summed E-state index contributed by atoms with van der Waals surface area (Å²) in [7, 11) is 0. The Bertz CT molecular complexity index is 605. The van der Waals surface area contributed by atoms with E-state index in [2.05, 4.69) is 34.6 Å². The summed E-state index contributed by atoms with van der Waals surface area (Å²) in [6.07, 6.45) is 10.0. The fourth-order valence-electron chi connectivity index (χ4n) is 9.18. The summed E-state index contributed by atoms with van der Waals surface area (Å²) in [6, 6.07) is 0. The average Bonchev–Trinajstić information content (AvgIpc) is 3.02. The van der Waals surface area contributed by atoms with Crippen LogP contribution in [0.2, 0.25) is 0 Å². The number of hydrogen-bond acceptors (Lipinski definition) is 3. The fourth-order valence-corrected chi connectivity index (χ4v) is 9.18. The second-order valence-electron chi connectivity index (χ2n) is 12.8. The van der Waals surface area contributed by atoms with Crippen molar-refractivity contribution in [2.45, 2.75) is 117 Å². The Morgan fingerprint density at radius 1 is 0.867 bits per heavy atom. The molecule has 4 fully saturated rings. The van der Waals surface area contributed by atoms with E-state index in [0.717, 1.165) is 38.0 Å². The van der Waals surface area contributed by atoms with Crippen LogP contribution in [-0.4, -0.2) is 33.6 Å². The molecular formula is C27H48O3. The van der Waals surface area contributed by atoms with Crippen molar-refractivity contribution in [1.29, 1.82) is 0 Å². The summed E-state index contributed by atoms with van der Waals surface area (Å²) in [6.45, 7) is 11.8. The summed E-state index contributed by atoms with van der Waals surface area (Å²) in [4.78, 5) is 0. The van der Waals surface area contributed by atoms with E-state index in [-0.39, 0.29) is 29.1 Å². The van der Waals surface area contributed by atoms with Crippen molar-refractivity contribution in [3.8, 4) is 0 Å². The molecule has 0 spiro atoms. The Balaban J connectivity index is 1.56. The molecule has 30 heavy (non-hydrogen) atoms. The van der Waals surface area contributed by atoms with Gasteiger partial charge in [0.1, 0.15) is 0 Å². The lowest BCUT2D eigenvalue weighted by molar-refractivity contribution is -0.207. The lowest BCUT2D eigenvalue weighted by atomic mass is 9.43. The lowest BCUT2D eigenvalue weighted by Crippen LogP contribution is -2.62. The molecule has 3 heteroatoms. The van der Waals surface area contributed by atoms with Crippen molar-refractivity contribution in [1.82, 2.24) is 0 Å². The topological polar surface area (TPSA) is 60.7 Å². The molecule has 0 radical (unpaired) electrons. The molecule has 4 aliphatic rings. The third-order valence-electron chi connectivity index (χ3n) is 11.0. The van der Waals surface area contributed by atoms with Crippen LogP contribution >= 0.6 is 0 Å². The molecule has 0 bridgehead atoms. The highest BCUT2D eigenvalue weighted by Crippen LogP contribution is 2.68. The predicted molar refractivity (Wildman–Crippen MR) is 122 cm³/mol. The zero-order valence-corrected chi connectivity index (χ0v) is 20.2. The lowest BCUT2D eigenvalue weighted by Gasteiger charge is -2.63. The monoisotopic (exact) mass is 420 g/mol. The third kappa shape index (κ3) is 3.59. The van der Waals surface area contributed by atoms with Crippen molar-refractivity contribution in [2.75, 3.05) is 0 Å². The molecular weight excluding hydrogens is 372 g/mol. The molecule has 3 nitrogen and oxygen atoms in total. The van der Waals surface area contributed by atoms with Gasteiger partial charge < -0.3 is 15.3 Å². The van der Waals surface area contributed by atoms with E-state index in [1.807, 2.05) is 0 Å². The van der Waals surface area contributed by atoms with Crippen LogP contribution in [0.1, 0.15) is 98.8 Å². The highest BCUT2D eigenvalue weighted by atomic mass is 16.3. The minimum Gasteiger partial charge on any atom is -0.393 e. The molecule has 4 aliphatic carbocycles. The molecule has 0 aliphatic heterocycles. The first-order valence-electron chi connectivity index (χ1n) is 13.1. The Hall–Kier alpha value is -0.120. The molecule has 0 heterocycles. The van der Waals surface area contributed by atoms with E-state index in [0.29, 0.717) is 35.5 Å². The summed E-state index contributed by atoms with van der Waals surface area (Å²) >= 11 is 0. The first-order valence-corrected chi connectivity index (χ1v) is 13.1. The van der Waals surface area contributed by atoms with Gasteiger partial charge in [-0.15, -0.1) is 0 Å². The molecule has 4 rings (SSSR count). The van der Waals surface area contributed by atoms with Crippen LogP contribution in [0.3, 0.4) is 0 Å². The quantitative estimate of drug-likeness (QED) is 0.557. The molecule has 0 saturated heterocycles. The fraction of sp³-hybridized carbons (Fsp3) is 1.00. The molecule has 4 saturated carbocycles. The van der Waals surface area contributed by atoms with E-state index in [9.17, 15) is 15.3 Å². The smallest absolute Gasteiger partial charge is 0.0602 e. The second-order valence-corrected chi connectivity index (χ2v) is 12.8. The number of aliphatic hydroxyl groups is 3. The summed E-state index contributed by atoms with van der Waals surface area (Å²) < 4.78 is 0. The maximum absolute atomic E-state index is 11.6. The normalized spacial score (nSPS) is 51.9. The Kier molecular flexibility index (Phi) is 6.41. The summed E-state index contributed by atoms with van der Waals surface area (Å²) in [5.74, 6) is 3.59. The van der Waals surface area contributed by atoms with Crippen molar-refractivity contribution < 1.29 is 15.3 Å². The molecule has 1 unspecified atom stereocenters. The van der Waals surface area contributed by atoms with Gasteiger partial charge in [0.05, 0.1) is 18.3 Å². The number of hydrogen-bond donors (Lipinski definition) is 3. The first kappa shape index (κ1) is 23.1. The van der Waals surface area contributed by atoms with E-state index in [1.165, 1.54) is 32.1 Å². The zero-order valence-electron chi connectivity index (χ0n) is 20.2. The molecule has 0 amide bonds. The molecule has 0 aromatic rings. The minimum atomic E-state index is -0.259. The number of fused-ring (bicyclic) bond motifs is 5. The van der Waals surface area contributed by atoms with Crippen LogP contribution in [0.15, 0.2) is 0 Å². The molecule has 0 aromatic heterocycles. The Labute approximate surface area is 185 Å². The van der Waals surface area contributed by atoms with Gasteiger partial charge in [-0.05, 0) is 97.2 Å². The van der Waals surface area contributed by atoms with Crippen molar-refractivity contribution in [2.24, 2.45) is 52.3 Å². The van der Waals surface area contributed by atoms with Gasteiger partial charge in [0, 0.05) is 0 Å². The molecule has 3 N–H and O–H groups in total. The highest BCUT2D eigenvalue weighted by Gasteiger charge is 2.65. The largest absolute Gasteiger partial charge is 0.393 e. The average molecular weight is 421 g/mol. The van der Waals surface area contributed by atoms with Gasteiger partial charge in [-0.25, -0.2) is 0 Å². The van der Waals surface area contributed by atoms with Crippen LogP contribution in [0.4, 0.5) is 0 Å². The van der Waals surface area contributed by atoms with Gasteiger partial charge in [0.15, 0.2) is 0 Å². The van der Waals surface area contributed by atoms with Crippen LogP contribution in [-0.2, 0) is 0 Å². The maximum atomic E-state index is 11.6. The Morgan fingerprint density at radius 3 is 2.30 bits per heavy atom.